The number of anilines is 1. The van der Waals surface area contributed by atoms with E-state index in [0.717, 1.165) is 5.56 Å². The second-order valence-electron chi connectivity index (χ2n) is 4.65. The molecule has 5 nitrogen and oxygen atoms in total. The lowest BCUT2D eigenvalue weighted by Crippen LogP contribution is -2.31. The van der Waals surface area contributed by atoms with Crippen molar-refractivity contribution in [2.75, 3.05) is 12.4 Å². The quantitative estimate of drug-likeness (QED) is 0.919. The van der Waals surface area contributed by atoms with Crippen molar-refractivity contribution in [2.45, 2.75) is 13.5 Å². The van der Waals surface area contributed by atoms with Crippen molar-refractivity contribution < 1.29 is 4.79 Å². The lowest BCUT2D eigenvalue weighted by atomic mass is 10.1. The minimum Gasteiger partial charge on any atom is -0.323 e. The monoisotopic (exact) mass is 258 g/mol. The Labute approximate surface area is 112 Å². The maximum Gasteiger partial charge on any atom is 0.323 e. The first-order valence-corrected chi connectivity index (χ1v) is 6.12. The van der Waals surface area contributed by atoms with Crippen molar-refractivity contribution in [1.29, 1.82) is 0 Å². The molecule has 0 aliphatic carbocycles. The molecule has 0 atom stereocenters. The molecular formula is C14H18N4O. The van der Waals surface area contributed by atoms with E-state index in [9.17, 15) is 4.79 Å². The summed E-state index contributed by atoms with van der Waals surface area (Å²) in [7, 11) is 3.57. The van der Waals surface area contributed by atoms with Gasteiger partial charge in [-0.15, -0.1) is 0 Å². The Morgan fingerprint density at radius 1 is 1.32 bits per heavy atom. The SMILES string of the molecule is Cc1ccc(CN(C)C(=O)Nc2ccn(C)n2)cc1. The summed E-state index contributed by atoms with van der Waals surface area (Å²) in [6.07, 6.45) is 1.79. The Hall–Kier alpha value is -2.30. The highest BCUT2D eigenvalue weighted by Crippen LogP contribution is 2.08. The fraction of sp³-hybridized carbons (Fsp3) is 0.286. The third-order valence-corrected chi connectivity index (χ3v) is 2.84. The summed E-state index contributed by atoms with van der Waals surface area (Å²) in [6, 6.07) is 9.73. The number of hydrogen-bond donors (Lipinski definition) is 1. The first-order chi connectivity index (χ1) is 9.04. The van der Waals surface area contributed by atoms with Gasteiger partial charge in [0.2, 0.25) is 0 Å². The summed E-state index contributed by atoms with van der Waals surface area (Å²) in [5.41, 5.74) is 2.31. The Balaban J connectivity index is 1.94. The van der Waals surface area contributed by atoms with E-state index in [1.165, 1.54) is 5.56 Å². The van der Waals surface area contributed by atoms with Crippen molar-refractivity contribution in [3.05, 3.63) is 47.7 Å². The van der Waals surface area contributed by atoms with E-state index >= 15 is 0 Å². The summed E-state index contributed by atoms with van der Waals surface area (Å²) in [4.78, 5) is 13.6. The average molecular weight is 258 g/mol. The lowest BCUT2D eigenvalue weighted by molar-refractivity contribution is 0.220. The van der Waals surface area contributed by atoms with Crippen LogP contribution >= 0.6 is 0 Å². The first kappa shape index (κ1) is 13.1. The molecule has 1 aromatic heterocycles. The predicted octanol–water partition coefficient (Wildman–Crippen LogP) is 2.39. The fourth-order valence-electron chi connectivity index (χ4n) is 1.73. The van der Waals surface area contributed by atoms with Crippen molar-refractivity contribution in [3.8, 4) is 0 Å². The van der Waals surface area contributed by atoms with Crippen LogP contribution in [-0.2, 0) is 13.6 Å². The number of amides is 2. The van der Waals surface area contributed by atoms with Crippen molar-refractivity contribution in [2.24, 2.45) is 7.05 Å². The van der Waals surface area contributed by atoms with Gasteiger partial charge in [-0.05, 0) is 12.5 Å². The van der Waals surface area contributed by atoms with E-state index in [1.807, 2.05) is 38.2 Å². The molecule has 0 saturated carbocycles. The van der Waals surface area contributed by atoms with Crippen molar-refractivity contribution in [3.63, 3.8) is 0 Å². The van der Waals surface area contributed by atoms with Crippen LogP contribution in [0.5, 0.6) is 0 Å². The van der Waals surface area contributed by atoms with Gasteiger partial charge in [0.1, 0.15) is 0 Å². The molecule has 2 rings (SSSR count). The molecule has 19 heavy (non-hydrogen) atoms. The zero-order valence-corrected chi connectivity index (χ0v) is 11.4. The molecule has 0 aliphatic heterocycles. The zero-order chi connectivity index (χ0) is 13.8. The Kier molecular flexibility index (Phi) is 3.85. The molecule has 0 unspecified atom stereocenters. The molecule has 2 amide bonds. The van der Waals surface area contributed by atoms with E-state index in [4.69, 9.17) is 0 Å². The molecule has 1 aromatic carbocycles. The van der Waals surface area contributed by atoms with Crippen LogP contribution in [0.4, 0.5) is 10.6 Å². The normalized spacial score (nSPS) is 10.3. The molecular weight excluding hydrogens is 240 g/mol. The van der Waals surface area contributed by atoms with E-state index in [-0.39, 0.29) is 6.03 Å². The van der Waals surface area contributed by atoms with Gasteiger partial charge in [0.25, 0.3) is 0 Å². The molecule has 0 spiro atoms. The van der Waals surface area contributed by atoms with Gasteiger partial charge >= 0.3 is 6.03 Å². The van der Waals surface area contributed by atoms with E-state index in [0.29, 0.717) is 12.4 Å². The smallest absolute Gasteiger partial charge is 0.323 e. The molecule has 0 fully saturated rings. The summed E-state index contributed by atoms with van der Waals surface area (Å²) in [5, 5.41) is 6.86. The third kappa shape index (κ3) is 3.58. The average Bonchev–Trinajstić information content (AvgIpc) is 2.77. The van der Waals surface area contributed by atoms with Gasteiger partial charge in [-0.2, -0.15) is 5.10 Å². The number of benzene rings is 1. The predicted molar refractivity (Wildman–Crippen MR) is 74.9 cm³/mol. The second-order valence-corrected chi connectivity index (χ2v) is 4.65. The van der Waals surface area contributed by atoms with Crippen molar-refractivity contribution in [1.82, 2.24) is 14.7 Å². The highest BCUT2D eigenvalue weighted by atomic mass is 16.2. The summed E-state index contributed by atoms with van der Waals surface area (Å²) in [5.74, 6) is 0.559. The number of carbonyl (C=O) groups excluding carboxylic acids is 1. The van der Waals surface area contributed by atoms with Crippen molar-refractivity contribution >= 4 is 11.8 Å². The van der Waals surface area contributed by atoms with E-state index in [1.54, 1.807) is 28.9 Å². The van der Waals surface area contributed by atoms with Gasteiger partial charge in [0.15, 0.2) is 5.82 Å². The largest absolute Gasteiger partial charge is 0.323 e. The first-order valence-electron chi connectivity index (χ1n) is 6.12. The maximum absolute atomic E-state index is 12.0. The highest BCUT2D eigenvalue weighted by molar-refractivity contribution is 5.87. The minimum atomic E-state index is -0.167. The molecule has 5 heteroatoms. The van der Waals surface area contributed by atoms with Gasteiger partial charge < -0.3 is 4.90 Å². The third-order valence-electron chi connectivity index (χ3n) is 2.84. The Morgan fingerprint density at radius 3 is 2.58 bits per heavy atom. The van der Waals surface area contributed by atoms with Gasteiger partial charge in [0, 0.05) is 32.9 Å². The molecule has 1 heterocycles. The van der Waals surface area contributed by atoms with Gasteiger partial charge in [0.05, 0.1) is 0 Å². The maximum atomic E-state index is 12.0. The summed E-state index contributed by atoms with van der Waals surface area (Å²) >= 11 is 0. The number of nitrogens with one attached hydrogen (secondary N) is 1. The molecule has 1 N–H and O–H groups in total. The number of rotatable bonds is 3. The van der Waals surface area contributed by atoms with Crippen LogP contribution < -0.4 is 5.32 Å². The Morgan fingerprint density at radius 2 is 2.00 bits per heavy atom. The minimum absolute atomic E-state index is 0.167. The number of carbonyl (C=O) groups is 1. The van der Waals surface area contributed by atoms with E-state index in [2.05, 4.69) is 10.4 Å². The van der Waals surface area contributed by atoms with Gasteiger partial charge in [-0.3, -0.25) is 10.00 Å². The standard InChI is InChI=1S/C14H18N4O/c1-11-4-6-12(7-5-11)10-17(2)14(19)15-13-8-9-18(3)16-13/h4-9H,10H2,1-3H3,(H,15,16,19). The van der Waals surface area contributed by atoms with E-state index < -0.39 is 0 Å². The van der Waals surface area contributed by atoms with Crippen LogP contribution in [0.2, 0.25) is 0 Å². The fourth-order valence-corrected chi connectivity index (χ4v) is 1.73. The number of aryl methyl sites for hydroxylation is 2. The summed E-state index contributed by atoms with van der Waals surface area (Å²) < 4.78 is 1.65. The van der Waals surface area contributed by atoms with Crippen LogP contribution in [0.25, 0.3) is 0 Å². The van der Waals surface area contributed by atoms with Crippen LogP contribution in [-0.4, -0.2) is 27.8 Å². The number of nitrogens with zero attached hydrogens (tertiary/aromatic N) is 3. The second kappa shape index (κ2) is 5.56. The molecule has 0 bridgehead atoms. The number of aromatic nitrogens is 2. The van der Waals surface area contributed by atoms with Crippen LogP contribution in [0.15, 0.2) is 36.5 Å². The zero-order valence-electron chi connectivity index (χ0n) is 11.4. The van der Waals surface area contributed by atoms with Gasteiger partial charge in [-0.25, -0.2) is 4.79 Å². The van der Waals surface area contributed by atoms with Crippen LogP contribution in [0.3, 0.4) is 0 Å². The molecule has 2 aromatic rings. The number of hydrogen-bond acceptors (Lipinski definition) is 2. The molecule has 0 saturated heterocycles. The topological polar surface area (TPSA) is 50.2 Å². The van der Waals surface area contributed by atoms with Crippen LogP contribution in [0.1, 0.15) is 11.1 Å². The summed E-state index contributed by atoms with van der Waals surface area (Å²) in [6.45, 7) is 2.61. The lowest BCUT2D eigenvalue weighted by Gasteiger charge is -2.17. The molecule has 0 radical (unpaired) electrons. The molecule has 0 aliphatic rings. The Bertz CT molecular complexity index is 559. The number of urea groups is 1. The van der Waals surface area contributed by atoms with Crippen LogP contribution in [0, 0.1) is 6.92 Å². The highest BCUT2D eigenvalue weighted by Gasteiger charge is 2.10. The van der Waals surface area contributed by atoms with Gasteiger partial charge in [-0.1, -0.05) is 29.8 Å². The molecule has 100 valence electrons.